The molecule has 0 spiro atoms. The van der Waals surface area contributed by atoms with E-state index in [0.717, 1.165) is 17.3 Å². The summed E-state index contributed by atoms with van der Waals surface area (Å²) in [7, 11) is 0. The summed E-state index contributed by atoms with van der Waals surface area (Å²) in [5.41, 5.74) is 1.32. The summed E-state index contributed by atoms with van der Waals surface area (Å²) < 4.78 is 13.0. The summed E-state index contributed by atoms with van der Waals surface area (Å²) in [5.74, 6) is 0.158. The molecular weight excluding hydrogens is 290 g/mol. The van der Waals surface area contributed by atoms with Crippen LogP contribution in [0.1, 0.15) is 26.3 Å². The highest BCUT2D eigenvalue weighted by molar-refractivity contribution is 9.09. The van der Waals surface area contributed by atoms with Gasteiger partial charge in [0.2, 0.25) is 0 Å². The fourth-order valence-corrected chi connectivity index (χ4v) is 2.95. The molecule has 0 aromatic heterocycles. The van der Waals surface area contributed by atoms with Gasteiger partial charge in [0.25, 0.3) is 0 Å². The first-order valence-corrected chi connectivity index (χ1v) is 6.84. The van der Waals surface area contributed by atoms with E-state index in [1.807, 2.05) is 6.07 Å². The second kappa shape index (κ2) is 5.50. The van der Waals surface area contributed by atoms with Crippen molar-refractivity contribution in [3.8, 4) is 0 Å². The van der Waals surface area contributed by atoms with Gasteiger partial charge in [-0.1, -0.05) is 54.4 Å². The Hall–Kier alpha value is -0.0800. The van der Waals surface area contributed by atoms with Gasteiger partial charge >= 0.3 is 0 Å². The highest BCUT2D eigenvalue weighted by atomic mass is 79.9. The molecule has 0 saturated heterocycles. The van der Waals surface area contributed by atoms with Gasteiger partial charge in [-0.25, -0.2) is 4.39 Å². The zero-order valence-corrected chi connectivity index (χ0v) is 12.2. The van der Waals surface area contributed by atoms with Crippen LogP contribution in [-0.4, -0.2) is 5.33 Å². The largest absolute Gasteiger partial charge is 0.205 e. The first-order chi connectivity index (χ1) is 7.34. The molecule has 3 heteroatoms. The fourth-order valence-electron chi connectivity index (χ4n) is 1.54. The van der Waals surface area contributed by atoms with Crippen molar-refractivity contribution >= 4 is 27.5 Å². The predicted molar refractivity (Wildman–Crippen MR) is 71.9 cm³/mol. The Balaban J connectivity index is 2.83. The van der Waals surface area contributed by atoms with Gasteiger partial charge in [0.15, 0.2) is 0 Å². The minimum atomic E-state index is -0.350. The molecule has 1 unspecified atom stereocenters. The summed E-state index contributed by atoms with van der Waals surface area (Å²) in [5, 5.41) is 1.14. The molecule has 1 aromatic carbocycles. The molecule has 0 aliphatic heterocycles. The molecule has 0 nitrogen and oxygen atoms in total. The minimum absolute atomic E-state index is 0.208. The Labute approximate surface area is 110 Å². The minimum Gasteiger partial charge on any atom is -0.205 e. The quantitative estimate of drug-likeness (QED) is 0.683. The molecule has 0 aliphatic carbocycles. The SMILES string of the molecule is CC(C)(C)C(CBr)Cc1ccc(F)c(Cl)c1. The third-order valence-electron chi connectivity index (χ3n) is 2.88. The lowest BCUT2D eigenvalue weighted by Gasteiger charge is -2.29. The van der Waals surface area contributed by atoms with E-state index in [4.69, 9.17) is 11.6 Å². The van der Waals surface area contributed by atoms with Gasteiger partial charge in [0, 0.05) is 5.33 Å². The van der Waals surface area contributed by atoms with Crippen LogP contribution < -0.4 is 0 Å². The molecule has 90 valence electrons. The average molecular weight is 308 g/mol. The van der Waals surface area contributed by atoms with E-state index in [0.29, 0.717) is 5.92 Å². The highest BCUT2D eigenvalue weighted by Crippen LogP contribution is 2.31. The van der Waals surface area contributed by atoms with Crippen LogP contribution in [0.4, 0.5) is 4.39 Å². The zero-order valence-electron chi connectivity index (χ0n) is 9.86. The van der Waals surface area contributed by atoms with Crippen molar-refractivity contribution in [2.24, 2.45) is 11.3 Å². The molecule has 0 aliphatic rings. The molecule has 0 heterocycles. The number of hydrogen-bond acceptors (Lipinski definition) is 0. The lowest BCUT2D eigenvalue weighted by Crippen LogP contribution is -2.24. The molecule has 0 N–H and O–H groups in total. The Bertz CT molecular complexity index is 357. The average Bonchev–Trinajstić information content (AvgIpc) is 2.18. The second-order valence-corrected chi connectivity index (χ2v) is 6.22. The molecule has 0 bridgehead atoms. The maximum absolute atomic E-state index is 13.0. The zero-order chi connectivity index (χ0) is 12.3. The van der Waals surface area contributed by atoms with E-state index >= 15 is 0 Å². The number of halogens is 3. The van der Waals surface area contributed by atoms with Gasteiger partial charge in [-0.3, -0.25) is 0 Å². The van der Waals surface area contributed by atoms with Gasteiger partial charge < -0.3 is 0 Å². The van der Waals surface area contributed by atoms with E-state index in [9.17, 15) is 4.39 Å². The number of benzene rings is 1. The molecular formula is C13H17BrClF. The number of rotatable bonds is 3. The standard InChI is InChI=1S/C13H17BrClF/c1-13(2,3)10(8-14)6-9-4-5-12(16)11(15)7-9/h4-5,7,10H,6,8H2,1-3H3. The van der Waals surface area contributed by atoms with E-state index in [2.05, 4.69) is 36.7 Å². The lowest BCUT2D eigenvalue weighted by molar-refractivity contribution is 0.267. The van der Waals surface area contributed by atoms with Crippen molar-refractivity contribution in [3.05, 3.63) is 34.6 Å². The molecule has 1 rings (SSSR count). The van der Waals surface area contributed by atoms with Crippen LogP contribution in [0.2, 0.25) is 5.02 Å². The van der Waals surface area contributed by atoms with Crippen LogP contribution in [0.3, 0.4) is 0 Å². The predicted octanol–water partition coefficient (Wildman–Crippen LogP) is 5.08. The molecule has 16 heavy (non-hydrogen) atoms. The maximum Gasteiger partial charge on any atom is 0.141 e. The van der Waals surface area contributed by atoms with Crippen LogP contribution in [0.15, 0.2) is 18.2 Å². The topological polar surface area (TPSA) is 0 Å². The van der Waals surface area contributed by atoms with Gasteiger partial charge in [0.05, 0.1) is 5.02 Å². The van der Waals surface area contributed by atoms with Gasteiger partial charge in [0.1, 0.15) is 5.82 Å². The van der Waals surface area contributed by atoms with Gasteiger partial charge in [-0.2, -0.15) is 0 Å². The van der Waals surface area contributed by atoms with Crippen molar-refractivity contribution in [2.75, 3.05) is 5.33 Å². The molecule has 0 radical (unpaired) electrons. The lowest BCUT2D eigenvalue weighted by atomic mass is 9.78. The smallest absolute Gasteiger partial charge is 0.141 e. The monoisotopic (exact) mass is 306 g/mol. The van der Waals surface area contributed by atoms with Gasteiger partial charge in [-0.15, -0.1) is 0 Å². The Morgan fingerprint density at radius 2 is 2.00 bits per heavy atom. The van der Waals surface area contributed by atoms with Crippen molar-refractivity contribution in [3.63, 3.8) is 0 Å². The van der Waals surface area contributed by atoms with Crippen molar-refractivity contribution in [1.29, 1.82) is 0 Å². The van der Waals surface area contributed by atoms with E-state index in [-0.39, 0.29) is 16.3 Å². The molecule has 0 amide bonds. The van der Waals surface area contributed by atoms with Crippen LogP contribution >= 0.6 is 27.5 Å². The van der Waals surface area contributed by atoms with Crippen molar-refractivity contribution < 1.29 is 4.39 Å². The van der Waals surface area contributed by atoms with Gasteiger partial charge in [-0.05, 0) is 35.4 Å². The first kappa shape index (κ1) is 14.0. The highest BCUT2D eigenvalue weighted by Gasteiger charge is 2.23. The summed E-state index contributed by atoms with van der Waals surface area (Å²) in [6, 6.07) is 4.96. The Kier molecular flexibility index (Phi) is 4.81. The summed E-state index contributed by atoms with van der Waals surface area (Å²) >= 11 is 9.30. The molecule has 0 fully saturated rings. The van der Waals surface area contributed by atoms with E-state index < -0.39 is 0 Å². The van der Waals surface area contributed by atoms with Crippen molar-refractivity contribution in [1.82, 2.24) is 0 Å². The molecule has 0 saturated carbocycles. The Morgan fingerprint density at radius 1 is 1.38 bits per heavy atom. The second-order valence-electron chi connectivity index (χ2n) is 5.17. The Morgan fingerprint density at radius 3 is 2.44 bits per heavy atom. The maximum atomic E-state index is 13.0. The molecule has 1 atom stereocenters. The molecule has 1 aromatic rings. The van der Waals surface area contributed by atoms with Crippen LogP contribution in [0.25, 0.3) is 0 Å². The first-order valence-electron chi connectivity index (χ1n) is 5.34. The van der Waals surface area contributed by atoms with E-state index in [1.54, 1.807) is 6.07 Å². The number of hydrogen-bond donors (Lipinski definition) is 0. The third kappa shape index (κ3) is 3.74. The normalized spacial score (nSPS) is 13.9. The van der Waals surface area contributed by atoms with Crippen LogP contribution in [0, 0.1) is 17.2 Å². The summed E-state index contributed by atoms with van der Waals surface area (Å²) in [4.78, 5) is 0. The summed E-state index contributed by atoms with van der Waals surface area (Å²) in [6.45, 7) is 6.64. The van der Waals surface area contributed by atoms with E-state index in [1.165, 1.54) is 6.07 Å². The third-order valence-corrected chi connectivity index (χ3v) is 3.95. The fraction of sp³-hybridized carbons (Fsp3) is 0.538. The van der Waals surface area contributed by atoms with Crippen LogP contribution in [0.5, 0.6) is 0 Å². The summed E-state index contributed by atoms with van der Waals surface area (Å²) in [6.07, 6.45) is 0.911. The number of alkyl halides is 1. The van der Waals surface area contributed by atoms with Crippen molar-refractivity contribution in [2.45, 2.75) is 27.2 Å². The van der Waals surface area contributed by atoms with Crippen LogP contribution in [-0.2, 0) is 6.42 Å².